The number of ether oxygens (including phenoxy) is 2. The molecule has 0 saturated carbocycles. The van der Waals surface area contributed by atoms with Gasteiger partial charge in [0.15, 0.2) is 29.9 Å². The number of carboxylic acids is 4. The molecule has 0 radical (unpaired) electrons. The molecular weight excluding hydrogens is 1310 g/mol. The number of carboxylic acid groups (broad SMARTS) is 4. The minimum atomic E-state index is -3.23. The predicted octanol–water partition coefficient (Wildman–Crippen LogP) is 14.5. The molecule has 5 aliphatic rings. The lowest BCUT2D eigenvalue weighted by atomic mass is 9.90. The number of amidine groups is 1. The van der Waals surface area contributed by atoms with Crippen molar-refractivity contribution in [2.45, 2.75) is 0 Å². The number of phenols is 2. The van der Waals surface area contributed by atoms with Gasteiger partial charge >= 0.3 is 31.3 Å². The zero-order valence-electron chi connectivity index (χ0n) is 52.6. The first-order chi connectivity index (χ1) is 49.2. The van der Waals surface area contributed by atoms with Gasteiger partial charge in [-0.05, 0) is 161 Å². The third-order valence-corrected chi connectivity index (χ3v) is 16.7. The highest BCUT2D eigenvalue weighted by molar-refractivity contribution is 6.43. The Bertz CT molecular complexity index is 5950. The fraction of sp³-hybridized carbons (Fsp3) is 0.0250. The van der Waals surface area contributed by atoms with Crippen LogP contribution in [0.3, 0.4) is 0 Å². The summed E-state index contributed by atoms with van der Waals surface area (Å²) in [6, 6.07) is 53.8. The Morgan fingerprint density at radius 2 is 0.902 bits per heavy atom. The van der Waals surface area contributed by atoms with Crippen LogP contribution < -0.4 is 20.3 Å². The summed E-state index contributed by atoms with van der Waals surface area (Å²) in [4.78, 5) is 83.5. The average Bonchev–Trinajstić information content (AvgIpc) is 0.973. The van der Waals surface area contributed by atoms with Crippen molar-refractivity contribution < 1.29 is 76.8 Å². The van der Waals surface area contributed by atoms with Crippen molar-refractivity contribution >= 4 is 76.2 Å². The van der Waals surface area contributed by atoms with Crippen molar-refractivity contribution in [2.75, 3.05) is 13.2 Å². The highest BCUT2D eigenvalue weighted by Crippen LogP contribution is 2.46. The third kappa shape index (κ3) is 13.2. The second-order valence-electron chi connectivity index (χ2n) is 23.2. The van der Waals surface area contributed by atoms with Crippen LogP contribution in [-0.2, 0) is 9.59 Å². The van der Waals surface area contributed by atoms with Gasteiger partial charge in [-0.2, -0.15) is 0 Å². The lowest BCUT2D eigenvalue weighted by Gasteiger charge is -2.17. The van der Waals surface area contributed by atoms with Crippen molar-refractivity contribution in [3.63, 3.8) is 0 Å². The summed E-state index contributed by atoms with van der Waals surface area (Å²) in [6.07, 6.45) is 1.71. The van der Waals surface area contributed by atoms with Gasteiger partial charge in [0, 0.05) is 102 Å². The number of aliphatic carboxylic acids is 2. The number of carbonyl (C=O) groups is 4. The topological polar surface area (TPSA) is 298 Å². The Hall–Kier alpha value is -14.4. The molecule has 0 amide bonds. The Balaban J connectivity index is 0.816. The van der Waals surface area contributed by atoms with Gasteiger partial charge < -0.3 is 53.4 Å². The van der Waals surface area contributed by atoms with E-state index in [9.17, 15) is 59.4 Å². The molecule has 6 N–H and O–H groups in total. The highest BCUT2D eigenvalue weighted by Gasteiger charge is 2.31. The van der Waals surface area contributed by atoms with E-state index in [0.717, 1.165) is 4.48 Å². The Morgan fingerprint density at radius 1 is 0.471 bits per heavy atom. The largest absolute Gasteiger partial charge is 0.679 e. The molecule has 0 saturated heterocycles. The fourth-order valence-electron chi connectivity index (χ4n) is 12.0. The number of benzene rings is 10. The number of aromatic nitrogens is 1. The number of aromatic hydroxyl groups is 2. The van der Waals surface area contributed by atoms with E-state index in [2.05, 4.69) is 23.7 Å². The van der Waals surface area contributed by atoms with Crippen LogP contribution in [0.25, 0.3) is 94.8 Å². The second-order valence-corrected chi connectivity index (χ2v) is 23.2. The van der Waals surface area contributed by atoms with Crippen molar-refractivity contribution in [3.8, 4) is 114 Å². The molecule has 9 aromatic rings. The van der Waals surface area contributed by atoms with Crippen molar-refractivity contribution in [3.05, 3.63) is 283 Å². The van der Waals surface area contributed by atoms with E-state index in [-0.39, 0.29) is 90.6 Å². The van der Waals surface area contributed by atoms with Gasteiger partial charge in [0.25, 0.3) is 0 Å². The van der Waals surface area contributed by atoms with Crippen LogP contribution in [0, 0.1) is 23.7 Å². The number of fused-ring (bicyclic) bond motifs is 4. The normalized spacial score (nSPS) is 12.2. The van der Waals surface area contributed by atoms with Crippen LogP contribution in [0.5, 0.6) is 23.0 Å². The molecule has 0 atom stereocenters. The molecule has 14 rings (SSSR count). The van der Waals surface area contributed by atoms with Gasteiger partial charge in [0.2, 0.25) is 0 Å². The number of allylic oxidation sites excluding steroid dienone is 1. The van der Waals surface area contributed by atoms with Gasteiger partial charge in [-0.25, -0.2) is 29.2 Å². The molecule has 4 heterocycles. The summed E-state index contributed by atoms with van der Waals surface area (Å²) >= 11 is 0. The van der Waals surface area contributed by atoms with Crippen LogP contribution in [0.2, 0.25) is 0 Å². The molecular formula is C80H46BF2N3O16. The number of hydrogen-bond donors (Lipinski definition) is 6. The summed E-state index contributed by atoms with van der Waals surface area (Å²) in [5, 5.41) is 61.3. The van der Waals surface area contributed by atoms with Crippen molar-refractivity contribution in [1.29, 1.82) is 0 Å². The molecule has 0 spiro atoms. The minimum absolute atomic E-state index is 0.0111. The number of aliphatic imine (C=N–C) groups is 2. The van der Waals surface area contributed by atoms with Crippen molar-refractivity contribution in [2.24, 2.45) is 9.98 Å². The minimum Gasteiger partial charge on any atom is -0.508 e. The van der Waals surface area contributed by atoms with Gasteiger partial charge in [-0.1, -0.05) is 84.3 Å². The molecule has 102 heavy (non-hydrogen) atoms. The summed E-state index contributed by atoms with van der Waals surface area (Å²) in [5.41, 5.74) is 6.33. The molecule has 3 aliphatic heterocycles. The average molecular weight is 1350 g/mol. The Labute approximate surface area is 575 Å². The Kier molecular flexibility index (Phi) is 17.1. The molecule has 22 heteroatoms. The van der Waals surface area contributed by atoms with Gasteiger partial charge in [-0.3, -0.25) is 18.2 Å². The summed E-state index contributed by atoms with van der Waals surface area (Å²) in [5.74, 6) is 7.60. The van der Waals surface area contributed by atoms with Crippen LogP contribution >= 0.6 is 0 Å². The molecule has 0 fully saturated rings. The van der Waals surface area contributed by atoms with Gasteiger partial charge in [0.1, 0.15) is 51.5 Å². The summed E-state index contributed by atoms with van der Waals surface area (Å²) in [6.45, 7) is -1.26. The number of nitrogens with zero attached hydrogens (tertiary/aromatic N) is 3. The first-order valence-corrected chi connectivity index (χ1v) is 31.0. The lowest BCUT2D eigenvalue weighted by molar-refractivity contribution is -0.140. The molecule has 0 unspecified atom stereocenters. The summed E-state index contributed by atoms with van der Waals surface area (Å²) in [7, 11) is -3.23. The second kappa shape index (κ2) is 26.9. The van der Waals surface area contributed by atoms with Crippen LogP contribution in [0.4, 0.5) is 14.4 Å². The zero-order chi connectivity index (χ0) is 71.0. The van der Waals surface area contributed by atoms with Crippen LogP contribution in [0.1, 0.15) is 54.1 Å². The molecule has 2 aliphatic carbocycles. The maximum Gasteiger partial charge on any atom is 0.679 e. The van der Waals surface area contributed by atoms with E-state index in [1.807, 2.05) is 0 Å². The van der Waals surface area contributed by atoms with E-state index in [1.54, 1.807) is 127 Å². The fourth-order valence-corrected chi connectivity index (χ4v) is 12.0. The van der Waals surface area contributed by atoms with E-state index < -0.39 is 44.5 Å². The number of halogens is 2. The number of phenolic OH excluding ortho intramolecular Hbond substituents is 2. The van der Waals surface area contributed by atoms with Crippen LogP contribution in [0.15, 0.2) is 247 Å². The van der Waals surface area contributed by atoms with E-state index in [4.69, 9.17) is 28.3 Å². The predicted molar refractivity (Wildman–Crippen MR) is 378 cm³/mol. The standard InChI is InChI=1S/C80H46BF2N3O16/c82-81(83)86-68(50-13-7-44(8-14-50)2-4-46-10-28-58(66(34-46)80(97)98)76-61-31-21-53(89)37-71(61)102-72-38-54(90)22-32-62(72)76)40-64(48-17-25-56(26-18-48)100-42-74(93)94)78(86)85-77-63(47-15-23-55(24-16-47)99-41-73(91)92)39-67(84-77)49-11-5-43(6-12-49)1-3-45-9-27-57(65(33-45)79(95)96)75-59-29-19-51(87)35-69(59)101-70-36-52(88)20-30-60(70)75/h5-40,87,89H,41-42H2,(H,91,92)(H,93,94)(H,95,96)(H,97,98)/b85-77-. The van der Waals surface area contributed by atoms with E-state index in [1.165, 1.54) is 91.0 Å². The number of rotatable bonds is 16. The van der Waals surface area contributed by atoms with Crippen molar-refractivity contribution in [1.82, 2.24) is 4.48 Å². The first-order valence-electron chi connectivity index (χ1n) is 31.0. The third-order valence-electron chi connectivity index (χ3n) is 16.7. The monoisotopic (exact) mass is 1350 g/mol. The SMILES string of the molecule is O=C(O)COc1ccc(C2=CC(c3ccc(C#Cc4ccc(-c5c6ccc(=O)cc-6oc6cc(O)ccc56)c(C(=O)O)c4)cc3)=N/C2=N\c2c(-c3ccc(OCC(=O)O)cc3)cc(-c3ccc(C#Cc4ccc(-c5c6ccc(=O)cc-6oc6cc(O)ccc56)c(C(=O)O)c4)cc3)n2B(F)F)cc1. The van der Waals surface area contributed by atoms with Crippen LogP contribution in [-0.4, -0.2) is 91.2 Å². The quantitative estimate of drug-likeness (QED) is 0.0298. The first kappa shape index (κ1) is 64.9. The molecule has 19 nitrogen and oxygen atoms in total. The maximum atomic E-state index is 16.2. The number of aromatic carboxylic acids is 2. The lowest BCUT2D eigenvalue weighted by Crippen LogP contribution is -2.14. The molecule has 494 valence electrons. The smallest absolute Gasteiger partial charge is 0.508 e. The highest BCUT2D eigenvalue weighted by atomic mass is 19.2. The summed E-state index contributed by atoms with van der Waals surface area (Å²) < 4.78 is 55.9. The van der Waals surface area contributed by atoms with E-state index >= 15 is 8.63 Å². The molecule has 1 aromatic heterocycles. The van der Waals surface area contributed by atoms with Gasteiger partial charge in [-0.15, -0.1) is 0 Å². The zero-order valence-corrected chi connectivity index (χ0v) is 52.6. The van der Waals surface area contributed by atoms with E-state index in [0.29, 0.717) is 99.9 Å². The molecule has 8 aromatic carbocycles. The maximum absolute atomic E-state index is 16.2. The Morgan fingerprint density at radius 3 is 1.36 bits per heavy atom. The number of hydrogen-bond acceptors (Lipinski definition) is 13. The van der Waals surface area contributed by atoms with Gasteiger partial charge in [0.05, 0.1) is 16.8 Å². The molecule has 0 bridgehead atoms.